The molecule has 1 nitrogen and oxygen atoms in total. The van der Waals surface area contributed by atoms with Crippen molar-refractivity contribution in [2.45, 2.75) is 32.6 Å². The third-order valence-electron chi connectivity index (χ3n) is 3.03. The SMILES string of the molecule is C[C@]12CC=CC1=CC(=O)CCC2. The third kappa shape index (κ3) is 1.13. The van der Waals surface area contributed by atoms with Gasteiger partial charge in [-0.05, 0) is 36.3 Å². The van der Waals surface area contributed by atoms with Crippen LogP contribution in [0.5, 0.6) is 0 Å². The molecule has 1 heteroatoms. The molecule has 0 radical (unpaired) electrons. The molecule has 0 saturated heterocycles. The molecular weight excluding hydrogens is 148 g/mol. The Labute approximate surface area is 73.2 Å². The molecule has 0 spiro atoms. The maximum Gasteiger partial charge on any atom is 0.155 e. The van der Waals surface area contributed by atoms with Crippen molar-refractivity contribution in [3.63, 3.8) is 0 Å². The maximum atomic E-state index is 11.3. The number of hydrogen-bond acceptors (Lipinski definition) is 1. The van der Waals surface area contributed by atoms with Gasteiger partial charge in [0.1, 0.15) is 0 Å². The summed E-state index contributed by atoms with van der Waals surface area (Å²) >= 11 is 0. The molecule has 0 amide bonds. The molecule has 0 unspecified atom stereocenters. The van der Waals surface area contributed by atoms with E-state index in [1.54, 1.807) is 0 Å². The summed E-state index contributed by atoms with van der Waals surface area (Å²) in [5.41, 5.74) is 1.54. The second-order valence-corrected chi connectivity index (χ2v) is 4.09. The fourth-order valence-electron chi connectivity index (χ4n) is 2.13. The van der Waals surface area contributed by atoms with E-state index >= 15 is 0 Å². The summed E-state index contributed by atoms with van der Waals surface area (Å²) in [4.78, 5) is 11.3. The van der Waals surface area contributed by atoms with Crippen LogP contribution in [-0.2, 0) is 4.79 Å². The Morgan fingerprint density at radius 2 is 2.33 bits per heavy atom. The van der Waals surface area contributed by atoms with Crippen molar-refractivity contribution in [1.82, 2.24) is 0 Å². The zero-order chi connectivity index (χ0) is 8.60. The van der Waals surface area contributed by atoms with Crippen molar-refractivity contribution in [1.29, 1.82) is 0 Å². The van der Waals surface area contributed by atoms with Crippen LogP contribution >= 0.6 is 0 Å². The van der Waals surface area contributed by atoms with E-state index in [2.05, 4.69) is 19.1 Å². The molecule has 0 bridgehead atoms. The lowest BCUT2D eigenvalue weighted by atomic mass is 9.80. The van der Waals surface area contributed by atoms with Gasteiger partial charge in [-0.15, -0.1) is 0 Å². The lowest BCUT2D eigenvalue weighted by Gasteiger charge is -2.23. The molecule has 0 heterocycles. The predicted molar refractivity (Wildman–Crippen MR) is 48.8 cm³/mol. The highest BCUT2D eigenvalue weighted by Gasteiger charge is 2.31. The topological polar surface area (TPSA) is 17.1 Å². The number of carbonyl (C=O) groups excluding carboxylic acids is 1. The van der Waals surface area contributed by atoms with Crippen molar-refractivity contribution in [2.24, 2.45) is 5.41 Å². The summed E-state index contributed by atoms with van der Waals surface area (Å²) in [6.07, 6.45) is 10.2. The number of hydrogen-bond donors (Lipinski definition) is 0. The molecule has 0 aromatic heterocycles. The molecule has 0 saturated carbocycles. The molecule has 64 valence electrons. The Balaban J connectivity index is 2.36. The summed E-state index contributed by atoms with van der Waals surface area (Å²) in [5.74, 6) is 0.306. The Hall–Kier alpha value is -0.850. The molecule has 0 aromatic rings. The van der Waals surface area contributed by atoms with Gasteiger partial charge in [0.05, 0.1) is 0 Å². The highest BCUT2D eigenvalue weighted by atomic mass is 16.1. The zero-order valence-corrected chi connectivity index (χ0v) is 7.47. The highest BCUT2D eigenvalue weighted by molar-refractivity contribution is 5.91. The van der Waals surface area contributed by atoms with Crippen molar-refractivity contribution >= 4 is 5.78 Å². The van der Waals surface area contributed by atoms with Crippen LogP contribution in [0, 0.1) is 5.41 Å². The molecule has 0 N–H and O–H groups in total. The highest BCUT2D eigenvalue weighted by Crippen LogP contribution is 2.43. The minimum atomic E-state index is 0.284. The number of carbonyl (C=O) groups is 1. The van der Waals surface area contributed by atoms with Gasteiger partial charge in [-0.3, -0.25) is 4.79 Å². The van der Waals surface area contributed by atoms with Gasteiger partial charge in [0.15, 0.2) is 5.78 Å². The van der Waals surface area contributed by atoms with E-state index < -0.39 is 0 Å². The molecule has 1 atom stereocenters. The molecule has 0 aliphatic heterocycles. The number of fused-ring (bicyclic) bond motifs is 1. The van der Waals surface area contributed by atoms with Gasteiger partial charge in [-0.1, -0.05) is 19.1 Å². The lowest BCUT2D eigenvalue weighted by Crippen LogP contribution is -2.12. The molecule has 2 aliphatic rings. The van der Waals surface area contributed by atoms with E-state index in [1.165, 1.54) is 5.57 Å². The molecule has 0 aromatic carbocycles. The summed E-state index contributed by atoms with van der Waals surface area (Å²) in [6.45, 7) is 2.26. The minimum Gasteiger partial charge on any atom is -0.295 e. The fraction of sp³-hybridized carbons (Fsp3) is 0.545. The van der Waals surface area contributed by atoms with Gasteiger partial charge in [0, 0.05) is 6.42 Å². The van der Waals surface area contributed by atoms with Gasteiger partial charge in [0.2, 0.25) is 0 Å². The van der Waals surface area contributed by atoms with Crippen LogP contribution in [0.15, 0.2) is 23.8 Å². The average Bonchev–Trinajstić information content (AvgIpc) is 2.27. The van der Waals surface area contributed by atoms with Crippen molar-refractivity contribution in [2.75, 3.05) is 0 Å². The molecular formula is C11H14O. The van der Waals surface area contributed by atoms with Gasteiger partial charge >= 0.3 is 0 Å². The Kier molecular flexibility index (Phi) is 1.67. The number of allylic oxidation sites excluding steroid dienone is 4. The van der Waals surface area contributed by atoms with E-state index in [9.17, 15) is 4.79 Å². The van der Waals surface area contributed by atoms with Crippen molar-refractivity contribution in [3.05, 3.63) is 23.8 Å². The van der Waals surface area contributed by atoms with Crippen LogP contribution in [0.2, 0.25) is 0 Å². The fourth-order valence-corrected chi connectivity index (χ4v) is 2.13. The quantitative estimate of drug-likeness (QED) is 0.535. The second-order valence-electron chi connectivity index (χ2n) is 4.09. The summed E-state index contributed by atoms with van der Waals surface area (Å²) in [6, 6.07) is 0. The van der Waals surface area contributed by atoms with E-state index in [1.807, 2.05) is 6.08 Å². The van der Waals surface area contributed by atoms with E-state index in [0.29, 0.717) is 5.78 Å². The monoisotopic (exact) mass is 162 g/mol. The van der Waals surface area contributed by atoms with Gasteiger partial charge in [-0.25, -0.2) is 0 Å². The predicted octanol–water partition coefficient (Wildman–Crippen LogP) is 2.63. The van der Waals surface area contributed by atoms with Crippen LogP contribution in [0.3, 0.4) is 0 Å². The Morgan fingerprint density at radius 3 is 3.17 bits per heavy atom. The summed E-state index contributed by atoms with van der Waals surface area (Å²) in [5, 5.41) is 0. The third-order valence-corrected chi connectivity index (χ3v) is 3.03. The largest absolute Gasteiger partial charge is 0.295 e. The first kappa shape index (κ1) is 7.78. The van der Waals surface area contributed by atoms with Crippen molar-refractivity contribution in [3.8, 4) is 0 Å². The van der Waals surface area contributed by atoms with E-state index in [-0.39, 0.29) is 5.41 Å². The van der Waals surface area contributed by atoms with Crippen LogP contribution in [0.25, 0.3) is 0 Å². The Bertz CT molecular complexity index is 273. The van der Waals surface area contributed by atoms with Crippen LogP contribution in [-0.4, -0.2) is 5.78 Å². The summed E-state index contributed by atoms with van der Waals surface area (Å²) in [7, 11) is 0. The second kappa shape index (κ2) is 2.58. The van der Waals surface area contributed by atoms with Gasteiger partial charge < -0.3 is 0 Å². The summed E-state index contributed by atoms with van der Waals surface area (Å²) < 4.78 is 0. The van der Waals surface area contributed by atoms with Gasteiger partial charge in [-0.2, -0.15) is 0 Å². The first-order valence-corrected chi connectivity index (χ1v) is 4.62. The van der Waals surface area contributed by atoms with E-state index in [0.717, 1.165) is 25.7 Å². The van der Waals surface area contributed by atoms with Crippen LogP contribution in [0.1, 0.15) is 32.6 Å². The minimum absolute atomic E-state index is 0.284. The molecule has 12 heavy (non-hydrogen) atoms. The van der Waals surface area contributed by atoms with Crippen LogP contribution in [0.4, 0.5) is 0 Å². The number of rotatable bonds is 0. The molecule has 2 rings (SSSR count). The zero-order valence-electron chi connectivity index (χ0n) is 7.47. The maximum absolute atomic E-state index is 11.3. The molecule has 2 aliphatic carbocycles. The van der Waals surface area contributed by atoms with Crippen molar-refractivity contribution < 1.29 is 4.79 Å². The van der Waals surface area contributed by atoms with Gasteiger partial charge in [0.25, 0.3) is 0 Å². The van der Waals surface area contributed by atoms with E-state index in [4.69, 9.17) is 0 Å². The smallest absolute Gasteiger partial charge is 0.155 e. The standard InChI is InChI=1S/C11H14O/c1-11-6-2-4-9(11)8-10(12)5-3-7-11/h2,4,8H,3,5-7H2,1H3/t11-/m1/s1. The first-order valence-electron chi connectivity index (χ1n) is 4.62. The molecule has 0 fully saturated rings. The normalized spacial score (nSPS) is 34.4. The average molecular weight is 162 g/mol. The number of ketones is 1. The lowest BCUT2D eigenvalue weighted by molar-refractivity contribution is -0.114. The Morgan fingerprint density at radius 1 is 1.50 bits per heavy atom. The van der Waals surface area contributed by atoms with Crippen LogP contribution < -0.4 is 0 Å². The first-order chi connectivity index (χ1) is 5.71.